The van der Waals surface area contributed by atoms with E-state index < -0.39 is 28.9 Å². The monoisotopic (exact) mass is 600 g/mol. The van der Waals surface area contributed by atoms with Crippen LogP contribution < -0.4 is 10.6 Å². The highest BCUT2D eigenvalue weighted by atomic mass is 16.6. The number of nitrogens with one attached hydrogen (secondary N) is 2. The van der Waals surface area contributed by atoms with Gasteiger partial charge in [0.1, 0.15) is 11.6 Å². The molecule has 0 bridgehead atoms. The van der Waals surface area contributed by atoms with Crippen LogP contribution in [0.5, 0.6) is 0 Å². The molecule has 0 radical (unpaired) electrons. The van der Waals surface area contributed by atoms with Crippen LogP contribution in [0.15, 0.2) is 66.7 Å². The van der Waals surface area contributed by atoms with Crippen molar-refractivity contribution in [2.75, 3.05) is 7.05 Å². The Hall–Kier alpha value is -3.67. The molecule has 3 rings (SSSR count). The van der Waals surface area contributed by atoms with Crippen molar-refractivity contribution in [1.82, 2.24) is 10.6 Å². The minimum absolute atomic E-state index is 0.203. The van der Waals surface area contributed by atoms with Crippen LogP contribution in [0.1, 0.15) is 86.1 Å². The number of hydrogen-bond acceptors (Lipinski definition) is 4. The lowest BCUT2D eigenvalue weighted by Gasteiger charge is -2.32. The molecular formula is C38H52N2O4. The molecule has 0 unspecified atom stereocenters. The van der Waals surface area contributed by atoms with Crippen LogP contribution in [-0.4, -0.2) is 36.5 Å². The van der Waals surface area contributed by atoms with Crippen LogP contribution >= 0.6 is 0 Å². The lowest BCUT2D eigenvalue weighted by molar-refractivity contribution is -0.161. The first-order valence-electron chi connectivity index (χ1n) is 16.1. The maximum absolute atomic E-state index is 13.9. The van der Waals surface area contributed by atoms with E-state index in [9.17, 15) is 14.4 Å². The Morgan fingerprint density at radius 2 is 1.45 bits per heavy atom. The van der Waals surface area contributed by atoms with Gasteiger partial charge in [-0.1, -0.05) is 107 Å². The zero-order valence-corrected chi connectivity index (χ0v) is 28.0. The summed E-state index contributed by atoms with van der Waals surface area (Å²) in [4.78, 5) is 39.9. The summed E-state index contributed by atoms with van der Waals surface area (Å²) in [5.41, 5.74) is 2.35. The molecule has 0 aliphatic carbocycles. The molecule has 0 saturated carbocycles. The van der Waals surface area contributed by atoms with E-state index in [4.69, 9.17) is 4.74 Å². The molecule has 3 aromatic rings. The highest BCUT2D eigenvalue weighted by molar-refractivity contribution is 5.96. The first-order valence-corrected chi connectivity index (χ1v) is 16.1. The maximum Gasteiger partial charge on any atom is 0.309 e. The van der Waals surface area contributed by atoms with E-state index >= 15 is 0 Å². The summed E-state index contributed by atoms with van der Waals surface area (Å²) in [5.74, 6) is -1.56. The number of amides is 2. The molecule has 0 fully saturated rings. The topological polar surface area (TPSA) is 84.5 Å². The molecule has 0 aliphatic rings. The molecule has 238 valence electrons. The van der Waals surface area contributed by atoms with Gasteiger partial charge < -0.3 is 15.4 Å². The van der Waals surface area contributed by atoms with Gasteiger partial charge in [-0.3, -0.25) is 14.4 Å². The first-order chi connectivity index (χ1) is 20.7. The Morgan fingerprint density at radius 3 is 2.07 bits per heavy atom. The van der Waals surface area contributed by atoms with E-state index in [0.717, 1.165) is 24.0 Å². The van der Waals surface area contributed by atoms with Crippen molar-refractivity contribution in [1.29, 1.82) is 0 Å². The molecular weight excluding hydrogens is 548 g/mol. The smallest absolute Gasteiger partial charge is 0.309 e. The van der Waals surface area contributed by atoms with Gasteiger partial charge in [0.25, 0.3) is 0 Å². The Labute approximate surface area is 264 Å². The average molecular weight is 601 g/mol. The van der Waals surface area contributed by atoms with Crippen LogP contribution in [0.4, 0.5) is 0 Å². The number of unbranched alkanes of at least 4 members (excludes halogenated alkanes) is 1. The maximum atomic E-state index is 13.9. The van der Waals surface area contributed by atoms with Crippen molar-refractivity contribution in [3.8, 4) is 11.1 Å². The van der Waals surface area contributed by atoms with Crippen LogP contribution in [0, 0.1) is 17.3 Å². The third kappa shape index (κ3) is 9.93. The lowest BCUT2D eigenvalue weighted by Crippen LogP contribution is -2.54. The van der Waals surface area contributed by atoms with Crippen molar-refractivity contribution in [2.24, 2.45) is 17.3 Å². The molecule has 6 heteroatoms. The number of likely N-dealkylation sites (N-methyl/N-ethyl adjacent to an activating group) is 1. The standard InChI is InChI=1S/C38H52N2O4/c1-9-10-14-30(36(43)44-38(5,6)7)25-29(34(41)40-33(35(42)39-8)37(2,3)4)24-21-26-19-22-28(23-20-26)32-18-13-16-27-15-11-12-17-31(27)32/h11-13,15-20,22-23,29-30,33H,9-10,14,21,24-25H2,1-8H3,(H,39,42)(H,40,41)/t29-,30+,33-/m1/s1. The summed E-state index contributed by atoms with van der Waals surface area (Å²) in [6.07, 6.45) is 4.07. The second kappa shape index (κ2) is 15.4. The highest BCUT2D eigenvalue weighted by Crippen LogP contribution is 2.30. The molecule has 3 atom stereocenters. The number of carbonyl (C=O) groups excluding carboxylic acids is 3. The number of hydrogen-bond donors (Lipinski definition) is 2. The third-order valence-electron chi connectivity index (χ3n) is 8.08. The zero-order chi connectivity index (χ0) is 32.5. The van der Waals surface area contributed by atoms with Crippen molar-refractivity contribution < 1.29 is 19.1 Å². The largest absolute Gasteiger partial charge is 0.460 e. The second-order valence-electron chi connectivity index (χ2n) is 14.0. The zero-order valence-electron chi connectivity index (χ0n) is 28.0. The molecule has 3 aromatic carbocycles. The van der Waals surface area contributed by atoms with Gasteiger partial charge in [0, 0.05) is 13.0 Å². The Kier molecular flexibility index (Phi) is 12.2. The SMILES string of the molecule is CCCC[C@@H](C[C@@H](CCc1ccc(-c2cccc3ccccc23)cc1)C(=O)N[C@H](C(=O)NC)C(C)(C)C)C(=O)OC(C)(C)C. The van der Waals surface area contributed by atoms with Crippen LogP contribution in [0.25, 0.3) is 21.9 Å². The number of rotatable bonds is 13. The molecule has 0 spiro atoms. The van der Waals surface area contributed by atoms with Gasteiger partial charge in [0.15, 0.2) is 0 Å². The molecule has 44 heavy (non-hydrogen) atoms. The van der Waals surface area contributed by atoms with Crippen molar-refractivity contribution in [3.63, 3.8) is 0 Å². The van der Waals surface area contributed by atoms with Crippen LogP contribution in [0.3, 0.4) is 0 Å². The summed E-state index contributed by atoms with van der Waals surface area (Å²) < 4.78 is 5.78. The quantitative estimate of drug-likeness (QED) is 0.196. The molecule has 0 aliphatic heterocycles. The molecule has 0 aromatic heterocycles. The van der Waals surface area contributed by atoms with Crippen molar-refractivity contribution >= 4 is 28.6 Å². The number of carbonyl (C=O) groups is 3. The van der Waals surface area contributed by atoms with E-state index in [1.165, 1.54) is 16.3 Å². The van der Waals surface area contributed by atoms with Gasteiger partial charge in [-0.2, -0.15) is 0 Å². The Bertz CT molecular complexity index is 1390. The number of esters is 1. The molecule has 2 N–H and O–H groups in total. The van der Waals surface area contributed by atoms with Gasteiger partial charge in [-0.15, -0.1) is 0 Å². The predicted octanol–water partition coefficient (Wildman–Crippen LogP) is 7.87. The fraction of sp³-hybridized carbons (Fsp3) is 0.500. The van der Waals surface area contributed by atoms with E-state index in [2.05, 4.69) is 84.3 Å². The van der Waals surface area contributed by atoms with Gasteiger partial charge in [-0.25, -0.2) is 0 Å². The third-order valence-corrected chi connectivity index (χ3v) is 8.08. The highest BCUT2D eigenvalue weighted by Gasteiger charge is 2.36. The summed E-state index contributed by atoms with van der Waals surface area (Å²) in [6, 6.07) is 22.5. The van der Waals surface area contributed by atoms with Gasteiger partial charge in [-0.05, 0) is 79.3 Å². The Morgan fingerprint density at radius 1 is 0.795 bits per heavy atom. The van der Waals surface area contributed by atoms with E-state index in [-0.39, 0.29) is 17.8 Å². The second-order valence-corrected chi connectivity index (χ2v) is 14.0. The molecule has 6 nitrogen and oxygen atoms in total. The minimum atomic E-state index is -0.696. The Balaban J connectivity index is 1.85. The summed E-state index contributed by atoms with van der Waals surface area (Å²) in [5, 5.41) is 8.14. The van der Waals surface area contributed by atoms with Gasteiger partial charge in [0.2, 0.25) is 11.8 Å². The van der Waals surface area contributed by atoms with Crippen LogP contribution in [-0.2, 0) is 25.5 Å². The van der Waals surface area contributed by atoms with Crippen LogP contribution in [0.2, 0.25) is 0 Å². The van der Waals surface area contributed by atoms with E-state index in [1.54, 1.807) is 7.05 Å². The number of benzene rings is 3. The summed E-state index contributed by atoms with van der Waals surface area (Å²) >= 11 is 0. The fourth-order valence-electron chi connectivity index (χ4n) is 5.62. The van der Waals surface area contributed by atoms with Gasteiger partial charge >= 0.3 is 5.97 Å². The predicted molar refractivity (Wildman–Crippen MR) is 180 cm³/mol. The molecule has 2 amide bonds. The van der Waals surface area contributed by atoms with E-state index in [1.807, 2.05) is 41.5 Å². The van der Waals surface area contributed by atoms with Gasteiger partial charge in [0.05, 0.1) is 5.92 Å². The number of fused-ring (bicyclic) bond motifs is 1. The fourth-order valence-corrected chi connectivity index (χ4v) is 5.62. The number of aryl methyl sites for hydroxylation is 1. The van der Waals surface area contributed by atoms with Crippen molar-refractivity contribution in [2.45, 2.75) is 98.6 Å². The lowest BCUT2D eigenvalue weighted by atomic mass is 9.83. The molecule has 0 saturated heterocycles. The number of ether oxygens (including phenoxy) is 1. The summed E-state index contributed by atoms with van der Waals surface area (Å²) in [6.45, 7) is 13.5. The summed E-state index contributed by atoms with van der Waals surface area (Å²) in [7, 11) is 1.58. The molecule has 0 heterocycles. The van der Waals surface area contributed by atoms with E-state index in [0.29, 0.717) is 25.7 Å². The van der Waals surface area contributed by atoms with Crippen molar-refractivity contribution in [3.05, 3.63) is 72.3 Å². The first kappa shape index (κ1) is 34.8. The normalized spacial score (nSPS) is 14.0. The minimum Gasteiger partial charge on any atom is -0.460 e. The average Bonchev–Trinajstić information content (AvgIpc) is 2.97.